The third-order valence-electron chi connectivity index (χ3n) is 2.75. The van der Waals surface area contributed by atoms with Crippen LogP contribution in [0.15, 0.2) is 17.6 Å². The molecule has 0 radical (unpaired) electrons. The average molecular weight is 259 g/mol. The molecule has 3 N–H and O–H groups in total. The van der Waals surface area contributed by atoms with E-state index in [4.69, 9.17) is 5.73 Å². The molecule has 3 heterocycles. The van der Waals surface area contributed by atoms with Crippen LogP contribution in [0.1, 0.15) is 10.6 Å². The number of nitrogens with one attached hydrogen (secondary N) is 1. The normalized spacial score (nSPS) is 11.2. The quantitative estimate of drug-likeness (QED) is 0.752. The highest BCUT2D eigenvalue weighted by atomic mass is 32.1. The summed E-state index contributed by atoms with van der Waals surface area (Å²) >= 11 is 1.61. The molecular formula is C12H13N5S. The minimum Gasteiger partial charge on any atom is -0.335 e. The van der Waals surface area contributed by atoms with E-state index in [-0.39, 0.29) is 0 Å². The second-order valence-electron chi connectivity index (χ2n) is 4.08. The van der Waals surface area contributed by atoms with Gasteiger partial charge in [0.05, 0.1) is 10.5 Å². The third kappa shape index (κ3) is 1.89. The second kappa shape index (κ2) is 4.47. The molecule has 0 atom stereocenters. The number of aromatic nitrogens is 4. The SMILES string of the molecule is Cc1ccnc2nc(-c3csc(CCN)n3)[nH]c12. The summed E-state index contributed by atoms with van der Waals surface area (Å²) in [6.07, 6.45) is 2.57. The number of aryl methyl sites for hydroxylation is 1. The molecule has 0 aliphatic carbocycles. The Labute approximate surface area is 108 Å². The highest BCUT2D eigenvalue weighted by Gasteiger charge is 2.10. The molecule has 6 heteroatoms. The monoisotopic (exact) mass is 259 g/mol. The van der Waals surface area contributed by atoms with Crippen molar-refractivity contribution in [1.29, 1.82) is 0 Å². The van der Waals surface area contributed by atoms with Gasteiger partial charge in [0.2, 0.25) is 0 Å². The Balaban J connectivity index is 2.05. The minimum absolute atomic E-state index is 0.619. The van der Waals surface area contributed by atoms with Gasteiger partial charge < -0.3 is 10.7 Å². The van der Waals surface area contributed by atoms with E-state index in [1.54, 1.807) is 17.5 Å². The first-order chi connectivity index (χ1) is 8.78. The molecule has 3 aromatic rings. The Morgan fingerprint density at radius 1 is 1.39 bits per heavy atom. The third-order valence-corrected chi connectivity index (χ3v) is 3.66. The molecule has 0 aliphatic heterocycles. The van der Waals surface area contributed by atoms with Gasteiger partial charge >= 0.3 is 0 Å². The first-order valence-corrected chi connectivity index (χ1v) is 6.62. The van der Waals surface area contributed by atoms with Crippen molar-refractivity contribution in [2.75, 3.05) is 6.54 Å². The Kier molecular flexibility index (Phi) is 2.81. The van der Waals surface area contributed by atoms with E-state index in [1.807, 2.05) is 18.4 Å². The first kappa shape index (κ1) is 11.3. The summed E-state index contributed by atoms with van der Waals surface area (Å²) in [7, 11) is 0. The van der Waals surface area contributed by atoms with Crippen LogP contribution in [0.4, 0.5) is 0 Å². The molecule has 0 unspecified atom stereocenters. The van der Waals surface area contributed by atoms with Gasteiger partial charge in [0, 0.05) is 18.0 Å². The molecule has 3 aromatic heterocycles. The zero-order chi connectivity index (χ0) is 12.5. The van der Waals surface area contributed by atoms with Gasteiger partial charge in [-0.1, -0.05) is 0 Å². The van der Waals surface area contributed by atoms with Crippen molar-refractivity contribution in [3.63, 3.8) is 0 Å². The minimum atomic E-state index is 0.619. The molecule has 0 amide bonds. The van der Waals surface area contributed by atoms with E-state index in [0.29, 0.717) is 6.54 Å². The van der Waals surface area contributed by atoms with E-state index in [2.05, 4.69) is 19.9 Å². The number of nitrogens with zero attached hydrogens (tertiary/aromatic N) is 3. The lowest BCUT2D eigenvalue weighted by Gasteiger charge is -1.91. The Morgan fingerprint density at radius 2 is 2.28 bits per heavy atom. The molecule has 18 heavy (non-hydrogen) atoms. The molecule has 92 valence electrons. The number of thiazole rings is 1. The molecular weight excluding hydrogens is 246 g/mol. The first-order valence-electron chi connectivity index (χ1n) is 5.74. The smallest absolute Gasteiger partial charge is 0.178 e. The van der Waals surface area contributed by atoms with Crippen molar-refractivity contribution < 1.29 is 0 Å². The van der Waals surface area contributed by atoms with Gasteiger partial charge in [-0.3, -0.25) is 0 Å². The van der Waals surface area contributed by atoms with Crippen LogP contribution in [-0.4, -0.2) is 26.5 Å². The Bertz CT molecular complexity index is 685. The Morgan fingerprint density at radius 3 is 3.06 bits per heavy atom. The highest BCUT2D eigenvalue weighted by molar-refractivity contribution is 7.09. The number of nitrogens with two attached hydrogens (primary N) is 1. The summed E-state index contributed by atoms with van der Waals surface area (Å²) in [4.78, 5) is 16.5. The zero-order valence-electron chi connectivity index (χ0n) is 9.97. The fourth-order valence-electron chi connectivity index (χ4n) is 1.81. The molecule has 0 bridgehead atoms. The highest BCUT2D eigenvalue weighted by Crippen LogP contribution is 2.22. The average Bonchev–Trinajstić information content (AvgIpc) is 2.96. The van der Waals surface area contributed by atoms with Gasteiger partial charge in [-0.15, -0.1) is 11.3 Å². The van der Waals surface area contributed by atoms with Crippen molar-refractivity contribution in [3.8, 4) is 11.5 Å². The molecule has 3 rings (SSSR count). The fraction of sp³-hybridized carbons (Fsp3) is 0.250. The number of pyridine rings is 1. The zero-order valence-corrected chi connectivity index (χ0v) is 10.8. The summed E-state index contributed by atoms with van der Waals surface area (Å²) in [6.45, 7) is 2.65. The van der Waals surface area contributed by atoms with Crippen molar-refractivity contribution in [3.05, 3.63) is 28.2 Å². The van der Waals surface area contributed by atoms with E-state index in [1.165, 1.54) is 0 Å². The molecule has 0 saturated heterocycles. The predicted molar refractivity (Wildman–Crippen MR) is 72.5 cm³/mol. The molecule has 0 fully saturated rings. The molecule has 0 spiro atoms. The van der Waals surface area contributed by atoms with E-state index >= 15 is 0 Å². The lowest BCUT2D eigenvalue weighted by Crippen LogP contribution is -2.02. The van der Waals surface area contributed by atoms with Crippen LogP contribution in [0.5, 0.6) is 0 Å². The number of rotatable bonds is 3. The molecule has 0 saturated carbocycles. The molecule has 5 nitrogen and oxygen atoms in total. The van der Waals surface area contributed by atoms with Crippen LogP contribution in [0, 0.1) is 6.92 Å². The summed E-state index contributed by atoms with van der Waals surface area (Å²) < 4.78 is 0. The van der Waals surface area contributed by atoms with Crippen LogP contribution >= 0.6 is 11.3 Å². The molecule has 0 aliphatic rings. The van der Waals surface area contributed by atoms with E-state index < -0.39 is 0 Å². The number of hydrogen-bond donors (Lipinski definition) is 2. The lowest BCUT2D eigenvalue weighted by molar-refractivity contribution is 0.953. The van der Waals surface area contributed by atoms with Crippen LogP contribution in [0.2, 0.25) is 0 Å². The summed E-state index contributed by atoms with van der Waals surface area (Å²) in [6, 6.07) is 1.96. The van der Waals surface area contributed by atoms with Crippen LogP contribution in [-0.2, 0) is 6.42 Å². The Hall–Kier alpha value is -1.79. The van der Waals surface area contributed by atoms with Crippen molar-refractivity contribution in [2.45, 2.75) is 13.3 Å². The van der Waals surface area contributed by atoms with Gasteiger partial charge in [-0.05, 0) is 25.1 Å². The number of aromatic amines is 1. The summed E-state index contributed by atoms with van der Waals surface area (Å²) in [5.41, 5.74) is 9.23. The largest absolute Gasteiger partial charge is 0.335 e. The van der Waals surface area contributed by atoms with Gasteiger partial charge in [0.15, 0.2) is 11.5 Å². The van der Waals surface area contributed by atoms with Crippen molar-refractivity contribution >= 4 is 22.5 Å². The van der Waals surface area contributed by atoms with Gasteiger partial charge in [-0.25, -0.2) is 15.0 Å². The number of imidazole rings is 1. The maximum atomic E-state index is 5.52. The maximum absolute atomic E-state index is 5.52. The van der Waals surface area contributed by atoms with E-state index in [9.17, 15) is 0 Å². The topological polar surface area (TPSA) is 80.5 Å². The van der Waals surface area contributed by atoms with Crippen LogP contribution in [0.3, 0.4) is 0 Å². The van der Waals surface area contributed by atoms with Crippen LogP contribution in [0.25, 0.3) is 22.7 Å². The summed E-state index contributed by atoms with van der Waals surface area (Å²) in [5, 5.41) is 3.04. The van der Waals surface area contributed by atoms with E-state index in [0.717, 1.165) is 39.7 Å². The lowest BCUT2D eigenvalue weighted by atomic mass is 10.3. The maximum Gasteiger partial charge on any atom is 0.178 e. The number of hydrogen-bond acceptors (Lipinski definition) is 5. The fourth-order valence-corrected chi connectivity index (χ4v) is 2.61. The molecule has 0 aromatic carbocycles. The second-order valence-corrected chi connectivity index (χ2v) is 5.02. The van der Waals surface area contributed by atoms with Crippen LogP contribution < -0.4 is 5.73 Å². The van der Waals surface area contributed by atoms with Gasteiger partial charge in [-0.2, -0.15) is 0 Å². The van der Waals surface area contributed by atoms with Crippen molar-refractivity contribution in [2.24, 2.45) is 5.73 Å². The summed E-state index contributed by atoms with van der Waals surface area (Å²) in [5.74, 6) is 0.770. The van der Waals surface area contributed by atoms with Gasteiger partial charge in [0.1, 0.15) is 5.69 Å². The van der Waals surface area contributed by atoms with Gasteiger partial charge in [0.25, 0.3) is 0 Å². The predicted octanol–water partition coefficient (Wildman–Crippen LogP) is 1.89. The number of fused-ring (bicyclic) bond motifs is 1. The standard InChI is InChI=1S/C12H13N5S/c1-7-3-5-14-12-10(7)16-11(17-12)8-6-18-9(15-8)2-4-13/h3,5-6H,2,4,13H2,1H3,(H,14,16,17). The number of H-pyrrole nitrogens is 1. The van der Waals surface area contributed by atoms with Crippen molar-refractivity contribution in [1.82, 2.24) is 19.9 Å².